The van der Waals surface area contributed by atoms with E-state index in [1.54, 1.807) is 28.3 Å². The molecule has 0 unspecified atom stereocenters. The molecule has 1 saturated heterocycles. The van der Waals surface area contributed by atoms with Crippen molar-refractivity contribution in [2.75, 3.05) is 26.2 Å². The highest BCUT2D eigenvalue weighted by Crippen LogP contribution is 2.32. The van der Waals surface area contributed by atoms with Crippen LogP contribution in [0.4, 0.5) is 13.2 Å². The lowest BCUT2D eigenvalue weighted by molar-refractivity contribution is -0.137. The fraction of sp³-hybridized carbons (Fsp3) is 0.407. The van der Waals surface area contributed by atoms with E-state index in [-0.39, 0.29) is 29.3 Å². The highest BCUT2D eigenvalue weighted by atomic mass is 19.4. The molecule has 2 aliphatic heterocycles. The summed E-state index contributed by atoms with van der Waals surface area (Å²) < 4.78 is 40.6. The number of aliphatic imine (C=N–C) groups is 2. The average molecular weight is 540 g/mol. The van der Waals surface area contributed by atoms with E-state index >= 15 is 0 Å². The third-order valence-electron chi connectivity index (χ3n) is 6.96. The molecule has 2 amide bonds. The Bertz CT molecular complexity index is 1500. The molecule has 1 aromatic carbocycles. The molecule has 9 nitrogen and oxygen atoms in total. The highest BCUT2D eigenvalue weighted by Gasteiger charge is 2.40. The number of benzene rings is 1. The van der Waals surface area contributed by atoms with Gasteiger partial charge in [0.05, 0.1) is 29.5 Å². The van der Waals surface area contributed by atoms with Crippen LogP contribution in [0.25, 0.3) is 16.9 Å². The number of piperazine rings is 1. The number of nitrogens with zero attached hydrogens (tertiary/aromatic N) is 7. The zero-order valence-corrected chi connectivity index (χ0v) is 22.0. The lowest BCUT2D eigenvalue weighted by Gasteiger charge is -2.46. The first-order valence-corrected chi connectivity index (χ1v) is 12.6. The minimum absolute atomic E-state index is 0.0150. The molecule has 12 heteroatoms. The SMILES string of the molecule is CC(C)c1cc(-c2ccc(C(F)(F)F)cc2)nn2cc(C(=O)N3CCN(C(=O)C4=NCC=N4)CC3(C)C)nc12. The molecule has 0 spiro atoms. The lowest BCUT2D eigenvalue weighted by Crippen LogP contribution is -2.62. The van der Waals surface area contributed by atoms with Crippen molar-refractivity contribution in [1.82, 2.24) is 24.4 Å². The molecule has 2 aromatic heterocycles. The minimum atomic E-state index is -4.43. The van der Waals surface area contributed by atoms with Gasteiger partial charge < -0.3 is 9.80 Å². The Labute approximate surface area is 223 Å². The van der Waals surface area contributed by atoms with E-state index in [9.17, 15) is 22.8 Å². The summed E-state index contributed by atoms with van der Waals surface area (Å²) in [6.07, 6.45) is -1.29. The van der Waals surface area contributed by atoms with Crippen molar-refractivity contribution in [3.05, 3.63) is 53.3 Å². The Kier molecular flexibility index (Phi) is 6.51. The molecular formula is C27H28F3N7O2. The molecule has 39 heavy (non-hydrogen) atoms. The monoisotopic (exact) mass is 539 g/mol. The zero-order valence-electron chi connectivity index (χ0n) is 22.0. The molecule has 0 N–H and O–H groups in total. The summed E-state index contributed by atoms with van der Waals surface area (Å²) in [4.78, 5) is 42.5. The summed E-state index contributed by atoms with van der Waals surface area (Å²) in [5, 5.41) is 4.57. The number of halogens is 3. The largest absolute Gasteiger partial charge is 0.416 e. The molecular weight excluding hydrogens is 511 g/mol. The Morgan fingerprint density at radius 1 is 1.05 bits per heavy atom. The van der Waals surface area contributed by atoms with Crippen LogP contribution in [0.5, 0.6) is 0 Å². The summed E-state index contributed by atoms with van der Waals surface area (Å²) in [5.74, 6) is -0.346. The van der Waals surface area contributed by atoms with Gasteiger partial charge in [0.1, 0.15) is 5.69 Å². The number of hydrogen-bond acceptors (Lipinski definition) is 6. The normalized spacial score (nSPS) is 17.3. The number of carbonyl (C=O) groups excluding carboxylic acids is 2. The van der Waals surface area contributed by atoms with Gasteiger partial charge in [0, 0.05) is 37.0 Å². The average Bonchev–Trinajstić information content (AvgIpc) is 3.56. The molecule has 4 heterocycles. The first kappa shape index (κ1) is 26.5. The maximum absolute atomic E-state index is 13.7. The van der Waals surface area contributed by atoms with Crippen LogP contribution in [0.15, 0.2) is 46.5 Å². The van der Waals surface area contributed by atoms with Crippen molar-refractivity contribution in [3.8, 4) is 11.3 Å². The molecule has 0 radical (unpaired) electrons. The first-order valence-electron chi connectivity index (χ1n) is 12.6. The van der Waals surface area contributed by atoms with Gasteiger partial charge in [0.2, 0.25) is 5.84 Å². The Hall–Kier alpha value is -4.09. The molecule has 5 rings (SSSR count). The van der Waals surface area contributed by atoms with Crippen molar-refractivity contribution in [1.29, 1.82) is 0 Å². The van der Waals surface area contributed by atoms with Crippen LogP contribution < -0.4 is 0 Å². The van der Waals surface area contributed by atoms with Crippen LogP contribution in [-0.4, -0.2) is 80.0 Å². The van der Waals surface area contributed by atoms with Gasteiger partial charge >= 0.3 is 6.18 Å². The van der Waals surface area contributed by atoms with Gasteiger partial charge in [-0.2, -0.15) is 18.3 Å². The molecule has 2 aliphatic rings. The third kappa shape index (κ3) is 5.02. The number of hydrogen-bond donors (Lipinski definition) is 0. The standard InChI is InChI=1S/C27H28F3N7O2/c1-16(2)19-13-20(17-5-7-18(8-6-17)27(28,29)30)34-37-14-21(33-23(19)37)24(38)36-12-11-35(15-26(36,3)4)25(39)22-31-9-10-32-22/h5-9,13-14,16H,10-12,15H2,1-4H3. The molecule has 3 aromatic rings. The number of amidine groups is 1. The zero-order chi connectivity index (χ0) is 28.1. The molecule has 0 saturated carbocycles. The van der Waals surface area contributed by atoms with Gasteiger partial charge in [0.25, 0.3) is 11.8 Å². The maximum atomic E-state index is 13.7. The van der Waals surface area contributed by atoms with Crippen LogP contribution in [-0.2, 0) is 11.0 Å². The first-order chi connectivity index (χ1) is 18.3. The Morgan fingerprint density at radius 2 is 1.77 bits per heavy atom. The smallest absolute Gasteiger partial charge is 0.332 e. The fourth-order valence-corrected chi connectivity index (χ4v) is 4.90. The summed E-state index contributed by atoms with van der Waals surface area (Å²) in [5.41, 5.74) is 1.10. The van der Waals surface area contributed by atoms with E-state index in [4.69, 9.17) is 0 Å². The van der Waals surface area contributed by atoms with Gasteiger partial charge in [-0.05, 0) is 38.0 Å². The van der Waals surface area contributed by atoms with Crippen LogP contribution in [0.2, 0.25) is 0 Å². The van der Waals surface area contributed by atoms with E-state index in [2.05, 4.69) is 20.1 Å². The maximum Gasteiger partial charge on any atom is 0.416 e. The predicted molar refractivity (Wildman–Crippen MR) is 140 cm³/mol. The van der Waals surface area contributed by atoms with E-state index in [1.807, 2.05) is 27.7 Å². The highest BCUT2D eigenvalue weighted by molar-refractivity contribution is 6.40. The van der Waals surface area contributed by atoms with Crippen molar-refractivity contribution < 1.29 is 22.8 Å². The number of imidazole rings is 1. The number of carbonyl (C=O) groups is 2. The fourth-order valence-electron chi connectivity index (χ4n) is 4.90. The summed E-state index contributed by atoms with van der Waals surface area (Å²) >= 11 is 0. The van der Waals surface area contributed by atoms with Crippen LogP contribution in [0.1, 0.15) is 55.2 Å². The topological polar surface area (TPSA) is 95.5 Å². The molecule has 0 atom stereocenters. The second kappa shape index (κ2) is 9.58. The second-order valence-corrected chi connectivity index (χ2v) is 10.6. The lowest BCUT2D eigenvalue weighted by atomic mass is 9.98. The van der Waals surface area contributed by atoms with Gasteiger partial charge in [-0.15, -0.1) is 0 Å². The van der Waals surface area contributed by atoms with Crippen molar-refractivity contribution >= 4 is 29.5 Å². The van der Waals surface area contributed by atoms with Gasteiger partial charge in [-0.25, -0.2) is 14.5 Å². The van der Waals surface area contributed by atoms with Crippen molar-refractivity contribution in [3.63, 3.8) is 0 Å². The number of amides is 2. The Balaban J connectivity index is 1.43. The van der Waals surface area contributed by atoms with Crippen LogP contribution >= 0.6 is 0 Å². The molecule has 1 fully saturated rings. The molecule has 0 bridgehead atoms. The molecule has 204 valence electrons. The number of fused-ring (bicyclic) bond motifs is 1. The van der Waals surface area contributed by atoms with E-state index in [1.165, 1.54) is 16.6 Å². The second-order valence-electron chi connectivity index (χ2n) is 10.6. The van der Waals surface area contributed by atoms with E-state index in [0.29, 0.717) is 43.1 Å². The van der Waals surface area contributed by atoms with Gasteiger partial charge in [0.15, 0.2) is 5.65 Å². The van der Waals surface area contributed by atoms with Crippen molar-refractivity contribution in [2.45, 2.75) is 45.3 Å². The predicted octanol–water partition coefficient (Wildman–Crippen LogP) is 4.08. The van der Waals surface area contributed by atoms with Crippen LogP contribution in [0, 0.1) is 0 Å². The molecule has 0 aliphatic carbocycles. The van der Waals surface area contributed by atoms with E-state index in [0.717, 1.165) is 17.7 Å². The van der Waals surface area contributed by atoms with Gasteiger partial charge in [-0.1, -0.05) is 26.0 Å². The number of rotatable bonds is 4. The summed E-state index contributed by atoms with van der Waals surface area (Å²) in [6.45, 7) is 9.07. The third-order valence-corrected chi connectivity index (χ3v) is 6.96. The quantitative estimate of drug-likeness (QED) is 0.499. The summed E-state index contributed by atoms with van der Waals surface area (Å²) in [6, 6.07) is 6.62. The Morgan fingerprint density at radius 3 is 2.36 bits per heavy atom. The number of aromatic nitrogens is 3. The number of alkyl halides is 3. The minimum Gasteiger partial charge on any atom is -0.332 e. The summed E-state index contributed by atoms with van der Waals surface area (Å²) in [7, 11) is 0. The van der Waals surface area contributed by atoms with Crippen molar-refractivity contribution in [2.24, 2.45) is 9.98 Å². The van der Waals surface area contributed by atoms with E-state index < -0.39 is 17.3 Å². The van der Waals surface area contributed by atoms with Gasteiger partial charge in [-0.3, -0.25) is 14.6 Å². The van der Waals surface area contributed by atoms with Crippen LogP contribution in [0.3, 0.4) is 0 Å².